The van der Waals surface area contributed by atoms with Crippen molar-refractivity contribution in [2.24, 2.45) is 0 Å². The maximum Gasteiger partial charge on any atom is 0.164 e. The Bertz CT molecular complexity index is 2480. The molecule has 2 aromatic heterocycles. The molecule has 0 unspecified atom stereocenters. The lowest BCUT2D eigenvalue weighted by Gasteiger charge is -2.14. The van der Waals surface area contributed by atoms with Gasteiger partial charge in [0.25, 0.3) is 0 Å². The SMILES string of the molecule is c1ccc(-c2nc(-c3ccccc3)nc(-c3cccc(-c4ccc(-c5ccccc5-n5c6ccccc6c6ccccc65)cc4)c3)n2)cc1. The van der Waals surface area contributed by atoms with E-state index in [-0.39, 0.29) is 0 Å². The fourth-order valence-corrected chi connectivity index (χ4v) is 6.71. The Hall–Kier alpha value is -6.65. The van der Waals surface area contributed by atoms with Gasteiger partial charge in [-0.25, -0.2) is 15.0 Å². The molecule has 0 spiro atoms. The van der Waals surface area contributed by atoms with Crippen LogP contribution in [0.2, 0.25) is 0 Å². The van der Waals surface area contributed by atoms with Gasteiger partial charge in [0.1, 0.15) is 0 Å². The molecular formula is C45H30N4. The lowest BCUT2D eigenvalue weighted by atomic mass is 9.98. The minimum absolute atomic E-state index is 0.645. The summed E-state index contributed by atoms with van der Waals surface area (Å²) in [4.78, 5) is 14.7. The second-order valence-electron chi connectivity index (χ2n) is 12.1. The van der Waals surface area contributed by atoms with Gasteiger partial charge in [-0.15, -0.1) is 0 Å². The first-order valence-corrected chi connectivity index (χ1v) is 16.5. The minimum Gasteiger partial charge on any atom is -0.309 e. The average molecular weight is 627 g/mol. The zero-order valence-corrected chi connectivity index (χ0v) is 26.6. The van der Waals surface area contributed by atoms with Crippen LogP contribution in [0.5, 0.6) is 0 Å². The Morgan fingerprint density at radius 2 is 0.755 bits per heavy atom. The molecule has 0 fully saturated rings. The Labute approximate surface area is 284 Å². The number of fused-ring (bicyclic) bond motifs is 3. The Morgan fingerprint density at radius 1 is 0.306 bits per heavy atom. The number of benzene rings is 7. The molecule has 7 aromatic carbocycles. The molecule has 9 aromatic rings. The Kier molecular flexibility index (Phi) is 7.10. The molecule has 2 heterocycles. The van der Waals surface area contributed by atoms with Gasteiger partial charge in [0, 0.05) is 33.0 Å². The fourth-order valence-electron chi connectivity index (χ4n) is 6.71. The van der Waals surface area contributed by atoms with Gasteiger partial charge in [-0.2, -0.15) is 0 Å². The highest BCUT2D eigenvalue weighted by molar-refractivity contribution is 6.09. The molecule has 0 aliphatic rings. The standard InChI is InChI=1S/C45H30N4/c1-3-14-33(15-4-1)43-46-44(34-16-5-2-6-17-34)48-45(47-43)36-19-13-18-35(30-36)31-26-28-32(29-27-31)37-20-7-10-23-40(37)49-41-24-11-8-21-38(41)39-22-9-12-25-42(39)49/h1-30H. The maximum absolute atomic E-state index is 4.94. The quantitative estimate of drug-likeness (QED) is 0.184. The smallest absolute Gasteiger partial charge is 0.164 e. The molecule has 0 N–H and O–H groups in total. The van der Waals surface area contributed by atoms with Crippen molar-refractivity contribution >= 4 is 21.8 Å². The summed E-state index contributed by atoms with van der Waals surface area (Å²) in [6.07, 6.45) is 0. The van der Waals surface area contributed by atoms with E-state index in [2.05, 4.69) is 126 Å². The van der Waals surface area contributed by atoms with Gasteiger partial charge in [-0.1, -0.05) is 158 Å². The molecule has 49 heavy (non-hydrogen) atoms. The van der Waals surface area contributed by atoms with Crippen LogP contribution in [-0.4, -0.2) is 19.5 Å². The summed E-state index contributed by atoms with van der Waals surface area (Å²) in [5.74, 6) is 1.95. The van der Waals surface area contributed by atoms with Crippen molar-refractivity contribution in [1.29, 1.82) is 0 Å². The van der Waals surface area contributed by atoms with Gasteiger partial charge >= 0.3 is 0 Å². The first-order chi connectivity index (χ1) is 24.3. The molecule has 4 nitrogen and oxygen atoms in total. The highest BCUT2D eigenvalue weighted by Gasteiger charge is 2.16. The van der Waals surface area contributed by atoms with Crippen molar-refractivity contribution < 1.29 is 0 Å². The second kappa shape index (κ2) is 12.2. The number of hydrogen-bond acceptors (Lipinski definition) is 3. The van der Waals surface area contributed by atoms with Crippen molar-refractivity contribution in [3.63, 3.8) is 0 Å². The summed E-state index contributed by atoms with van der Waals surface area (Å²) in [7, 11) is 0. The first kappa shape index (κ1) is 28.6. The van der Waals surface area contributed by atoms with Crippen LogP contribution >= 0.6 is 0 Å². The Morgan fingerprint density at radius 3 is 1.37 bits per heavy atom. The van der Waals surface area contributed by atoms with Crippen molar-refractivity contribution in [2.75, 3.05) is 0 Å². The highest BCUT2D eigenvalue weighted by Crippen LogP contribution is 2.37. The normalized spacial score (nSPS) is 11.3. The van der Waals surface area contributed by atoms with Gasteiger partial charge < -0.3 is 4.57 Å². The molecule has 0 radical (unpaired) electrons. The summed E-state index contributed by atoms with van der Waals surface area (Å²) < 4.78 is 2.39. The average Bonchev–Trinajstić information content (AvgIpc) is 3.53. The molecule has 0 atom stereocenters. The summed E-state index contributed by atoms with van der Waals surface area (Å²) in [6.45, 7) is 0. The van der Waals surface area contributed by atoms with Gasteiger partial charge in [-0.05, 0) is 41.0 Å². The number of nitrogens with zero attached hydrogens (tertiary/aromatic N) is 4. The Balaban J connectivity index is 1.10. The second-order valence-corrected chi connectivity index (χ2v) is 12.1. The van der Waals surface area contributed by atoms with E-state index in [9.17, 15) is 0 Å². The lowest BCUT2D eigenvalue weighted by molar-refractivity contribution is 1.07. The number of rotatable bonds is 6. The number of hydrogen-bond donors (Lipinski definition) is 0. The first-order valence-electron chi connectivity index (χ1n) is 16.5. The molecular weight excluding hydrogens is 597 g/mol. The van der Waals surface area contributed by atoms with Crippen LogP contribution in [0.1, 0.15) is 0 Å². The van der Waals surface area contributed by atoms with E-state index in [4.69, 9.17) is 15.0 Å². The molecule has 0 aliphatic carbocycles. The molecule has 0 saturated heterocycles. The van der Waals surface area contributed by atoms with Crippen LogP contribution in [0, 0.1) is 0 Å². The minimum atomic E-state index is 0.645. The molecule has 0 aliphatic heterocycles. The zero-order chi connectivity index (χ0) is 32.6. The predicted molar refractivity (Wildman–Crippen MR) is 201 cm³/mol. The van der Waals surface area contributed by atoms with E-state index in [1.54, 1.807) is 0 Å². The zero-order valence-electron chi connectivity index (χ0n) is 26.6. The van der Waals surface area contributed by atoms with Gasteiger partial charge in [0.05, 0.1) is 16.7 Å². The van der Waals surface area contributed by atoms with Crippen LogP contribution in [0.15, 0.2) is 182 Å². The van der Waals surface area contributed by atoms with E-state index in [0.29, 0.717) is 17.5 Å². The van der Waals surface area contributed by atoms with Crippen molar-refractivity contribution in [2.45, 2.75) is 0 Å². The van der Waals surface area contributed by atoms with Crippen LogP contribution in [-0.2, 0) is 0 Å². The van der Waals surface area contributed by atoms with Crippen molar-refractivity contribution in [1.82, 2.24) is 19.5 Å². The summed E-state index contributed by atoms with van der Waals surface area (Å²) in [6, 6.07) is 63.4. The van der Waals surface area contributed by atoms with Crippen LogP contribution < -0.4 is 0 Å². The van der Waals surface area contributed by atoms with E-state index in [1.807, 2.05) is 60.7 Å². The van der Waals surface area contributed by atoms with Crippen molar-refractivity contribution in [3.05, 3.63) is 182 Å². The van der Waals surface area contributed by atoms with Crippen LogP contribution in [0.3, 0.4) is 0 Å². The highest BCUT2D eigenvalue weighted by atomic mass is 15.0. The molecule has 9 rings (SSSR count). The molecule has 0 bridgehead atoms. The lowest BCUT2D eigenvalue weighted by Crippen LogP contribution is -2.00. The van der Waals surface area contributed by atoms with Gasteiger partial charge in [0.2, 0.25) is 0 Å². The molecule has 4 heteroatoms. The fraction of sp³-hybridized carbons (Fsp3) is 0. The van der Waals surface area contributed by atoms with E-state index in [0.717, 1.165) is 39.1 Å². The summed E-state index contributed by atoms with van der Waals surface area (Å²) in [5, 5.41) is 2.51. The van der Waals surface area contributed by atoms with E-state index >= 15 is 0 Å². The number of para-hydroxylation sites is 3. The topological polar surface area (TPSA) is 43.6 Å². The predicted octanol–water partition coefficient (Wildman–Crippen LogP) is 11.3. The van der Waals surface area contributed by atoms with E-state index in [1.165, 1.54) is 27.4 Å². The third kappa shape index (κ3) is 5.26. The monoisotopic (exact) mass is 626 g/mol. The van der Waals surface area contributed by atoms with E-state index < -0.39 is 0 Å². The maximum atomic E-state index is 4.94. The summed E-state index contributed by atoms with van der Waals surface area (Å²) >= 11 is 0. The molecule has 0 amide bonds. The third-order valence-electron chi connectivity index (χ3n) is 9.07. The van der Waals surface area contributed by atoms with Crippen LogP contribution in [0.4, 0.5) is 0 Å². The van der Waals surface area contributed by atoms with Crippen LogP contribution in [0.25, 0.3) is 83.9 Å². The third-order valence-corrected chi connectivity index (χ3v) is 9.07. The molecule has 0 saturated carbocycles. The van der Waals surface area contributed by atoms with Crippen molar-refractivity contribution in [3.8, 4) is 62.1 Å². The molecule has 230 valence electrons. The largest absolute Gasteiger partial charge is 0.309 e. The van der Waals surface area contributed by atoms with Gasteiger partial charge in [-0.3, -0.25) is 0 Å². The van der Waals surface area contributed by atoms with Gasteiger partial charge in [0.15, 0.2) is 17.5 Å². The summed E-state index contributed by atoms with van der Waals surface area (Å²) in [5.41, 5.74) is 11.0. The number of aromatic nitrogens is 4.